The monoisotopic (exact) mass is 282 g/mol. The van der Waals surface area contributed by atoms with Crippen LogP contribution in [0.4, 0.5) is 0 Å². The molecule has 0 atom stereocenters. The Morgan fingerprint density at radius 3 is 2.55 bits per heavy atom. The van der Waals surface area contributed by atoms with Crippen LogP contribution in [-0.4, -0.2) is 47.9 Å². The maximum Gasteiger partial charge on any atom is 0.310 e. The van der Waals surface area contributed by atoms with Crippen LogP contribution in [0.25, 0.3) is 0 Å². The second-order valence-electron chi connectivity index (χ2n) is 5.10. The molecular weight excluding hydrogens is 264 g/mol. The molecule has 0 aliphatic rings. The van der Waals surface area contributed by atoms with Crippen molar-refractivity contribution in [2.24, 2.45) is 5.41 Å². The van der Waals surface area contributed by atoms with E-state index in [1.54, 1.807) is 6.07 Å². The molecule has 0 aliphatic heterocycles. The maximum atomic E-state index is 11.8. The molecule has 0 saturated heterocycles. The van der Waals surface area contributed by atoms with E-state index in [0.717, 1.165) is 0 Å². The lowest BCUT2D eigenvalue weighted by atomic mass is 9.94. The van der Waals surface area contributed by atoms with Crippen LogP contribution in [0, 0.1) is 5.41 Å². The second kappa shape index (κ2) is 6.23. The van der Waals surface area contributed by atoms with Gasteiger partial charge in [0.1, 0.15) is 0 Å². The van der Waals surface area contributed by atoms with Gasteiger partial charge >= 0.3 is 5.97 Å². The number of hydrogen-bond donors (Lipinski definition) is 2. The normalized spacial score (nSPS) is 10.9. The lowest BCUT2D eigenvalue weighted by Crippen LogP contribution is -2.43. The zero-order valence-corrected chi connectivity index (χ0v) is 11.7. The molecule has 0 aliphatic carbocycles. The fraction of sp³-hybridized carbons (Fsp3) is 0.462. The van der Waals surface area contributed by atoms with Gasteiger partial charge in [-0.05, 0) is 26.0 Å². The highest BCUT2D eigenvalue weighted by molar-refractivity contribution is 5.94. The van der Waals surface area contributed by atoms with Crippen molar-refractivity contribution < 1.29 is 23.9 Å². The van der Waals surface area contributed by atoms with Gasteiger partial charge in [0.25, 0.3) is 5.91 Å². The van der Waals surface area contributed by atoms with Crippen molar-refractivity contribution in [1.82, 2.24) is 10.2 Å². The molecule has 7 nitrogen and oxygen atoms in total. The van der Waals surface area contributed by atoms with Crippen LogP contribution in [0.15, 0.2) is 22.8 Å². The number of nitrogens with one attached hydrogen (secondary N) is 1. The van der Waals surface area contributed by atoms with E-state index in [4.69, 9.17) is 9.52 Å². The summed E-state index contributed by atoms with van der Waals surface area (Å²) >= 11 is 0. The van der Waals surface area contributed by atoms with Crippen molar-refractivity contribution in [2.45, 2.75) is 13.8 Å². The molecule has 0 saturated carbocycles. The summed E-state index contributed by atoms with van der Waals surface area (Å²) in [7, 11) is 1.47. The zero-order chi connectivity index (χ0) is 15.3. The van der Waals surface area contributed by atoms with E-state index < -0.39 is 23.2 Å². The number of hydrogen-bond acceptors (Lipinski definition) is 4. The number of likely N-dealkylation sites (N-methyl/N-ethyl adjacent to an activating group) is 1. The molecule has 1 rings (SSSR count). The largest absolute Gasteiger partial charge is 0.481 e. The van der Waals surface area contributed by atoms with Gasteiger partial charge in [0, 0.05) is 13.6 Å². The first kappa shape index (κ1) is 15.7. The Morgan fingerprint density at radius 1 is 1.40 bits per heavy atom. The number of rotatable bonds is 6. The van der Waals surface area contributed by atoms with Gasteiger partial charge in [0.15, 0.2) is 5.76 Å². The Kier molecular flexibility index (Phi) is 4.90. The van der Waals surface area contributed by atoms with E-state index >= 15 is 0 Å². The van der Waals surface area contributed by atoms with Gasteiger partial charge in [-0.25, -0.2) is 0 Å². The summed E-state index contributed by atoms with van der Waals surface area (Å²) in [5, 5.41) is 11.4. The molecule has 0 fully saturated rings. The van der Waals surface area contributed by atoms with E-state index in [9.17, 15) is 14.4 Å². The lowest BCUT2D eigenvalue weighted by molar-refractivity contribution is -0.146. The minimum absolute atomic E-state index is 0.00997. The van der Waals surface area contributed by atoms with Gasteiger partial charge in [-0.1, -0.05) is 0 Å². The first-order chi connectivity index (χ1) is 9.24. The molecule has 1 aromatic rings. The topological polar surface area (TPSA) is 99.9 Å². The van der Waals surface area contributed by atoms with Gasteiger partial charge in [0.2, 0.25) is 5.91 Å². The van der Waals surface area contributed by atoms with Crippen LogP contribution in [0.2, 0.25) is 0 Å². The number of carboxylic acids is 1. The average Bonchev–Trinajstić information content (AvgIpc) is 2.89. The zero-order valence-electron chi connectivity index (χ0n) is 11.7. The molecule has 2 N–H and O–H groups in total. The van der Waals surface area contributed by atoms with Crippen molar-refractivity contribution in [1.29, 1.82) is 0 Å². The lowest BCUT2D eigenvalue weighted by Gasteiger charge is -2.21. The number of furan rings is 1. The number of carbonyl (C=O) groups excluding carboxylic acids is 2. The molecule has 1 aromatic heterocycles. The first-order valence-electron chi connectivity index (χ1n) is 6.03. The highest BCUT2D eigenvalue weighted by atomic mass is 16.4. The van der Waals surface area contributed by atoms with E-state index in [2.05, 4.69) is 5.32 Å². The number of carbonyl (C=O) groups is 3. The molecular formula is C13H18N2O5. The fourth-order valence-corrected chi connectivity index (χ4v) is 1.33. The summed E-state index contributed by atoms with van der Waals surface area (Å²) < 4.78 is 4.94. The first-order valence-corrected chi connectivity index (χ1v) is 6.03. The number of amides is 2. The van der Waals surface area contributed by atoms with Crippen molar-refractivity contribution >= 4 is 17.8 Å². The smallest absolute Gasteiger partial charge is 0.310 e. The maximum absolute atomic E-state index is 11.8. The average molecular weight is 282 g/mol. The van der Waals surface area contributed by atoms with E-state index in [-0.39, 0.29) is 18.8 Å². The van der Waals surface area contributed by atoms with Crippen LogP contribution >= 0.6 is 0 Å². The molecule has 110 valence electrons. The molecule has 20 heavy (non-hydrogen) atoms. The Labute approximate surface area is 116 Å². The molecule has 0 unspecified atom stereocenters. The quantitative estimate of drug-likeness (QED) is 0.795. The molecule has 0 spiro atoms. The van der Waals surface area contributed by atoms with E-state index in [0.29, 0.717) is 0 Å². The van der Waals surface area contributed by atoms with Crippen LogP contribution < -0.4 is 5.32 Å². The van der Waals surface area contributed by atoms with Crippen molar-refractivity contribution in [3.8, 4) is 0 Å². The summed E-state index contributed by atoms with van der Waals surface area (Å²) in [6, 6.07) is 3.08. The van der Waals surface area contributed by atoms with E-state index in [1.807, 2.05) is 0 Å². The summed E-state index contributed by atoms with van der Waals surface area (Å²) in [4.78, 5) is 35.6. The van der Waals surface area contributed by atoms with Crippen molar-refractivity contribution in [3.63, 3.8) is 0 Å². The summed E-state index contributed by atoms with van der Waals surface area (Å²) in [5.74, 6) is -1.70. The van der Waals surface area contributed by atoms with Crippen LogP contribution in [0.1, 0.15) is 24.4 Å². The third-order valence-electron chi connectivity index (χ3n) is 2.77. The Balaban J connectivity index is 2.47. The predicted molar refractivity (Wildman–Crippen MR) is 70.1 cm³/mol. The second-order valence-corrected chi connectivity index (χ2v) is 5.10. The fourth-order valence-electron chi connectivity index (χ4n) is 1.33. The Hall–Kier alpha value is -2.31. The van der Waals surface area contributed by atoms with Crippen LogP contribution in [-0.2, 0) is 9.59 Å². The minimum atomic E-state index is -1.06. The highest BCUT2D eigenvalue weighted by Crippen LogP contribution is 2.13. The molecule has 7 heteroatoms. The van der Waals surface area contributed by atoms with Crippen molar-refractivity contribution in [2.75, 3.05) is 20.1 Å². The summed E-state index contributed by atoms with van der Waals surface area (Å²) in [5.41, 5.74) is -1.06. The summed E-state index contributed by atoms with van der Waals surface area (Å²) in [6.45, 7) is 2.83. The molecule has 1 heterocycles. The number of nitrogens with zero attached hydrogens (tertiary/aromatic N) is 1. The molecule has 2 amide bonds. The van der Waals surface area contributed by atoms with Gasteiger partial charge in [0.05, 0.1) is 18.2 Å². The highest BCUT2D eigenvalue weighted by Gasteiger charge is 2.28. The molecule has 0 radical (unpaired) electrons. The number of carboxylic acid groups (broad SMARTS) is 1. The Morgan fingerprint density at radius 2 is 2.05 bits per heavy atom. The Bertz CT molecular complexity index is 493. The van der Waals surface area contributed by atoms with Gasteiger partial charge < -0.3 is 19.7 Å². The van der Waals surface area contributed by atoms with Gasteiger partial charge in [-0.15, -0.1) is 0 Å². The third kappa shape index (κ3) is 4.11. The minimum Gasteiger partial charge on any atom is -0.481 e. The van der Waals surface area contributed by atoms with Crippen LogP contribution in [0.3, 0.4) is 0 Å². The summed E-state index contributed by atoms with van der Waals surface area (Å²) in [6.07, 6.45) is 1.37. The van der Waals surface area contributed by atoms with E-state index in [1.165, 1.54) is 38.1 Å². The standard InChI is InChI=1S/C13H18N2O5/c1-13(2,12(18)19)8-14-10(16)7-15(3)11(17)9-5-4-6-20-9/h4-6H,7-8H2,1-3H3,(H,14,16)(H,18,19). The molecule has 0 bridgehead atoms. The van der Waals surface area contributed by atoms with Gasteiger partial charge in [-0.3, -0.25) is 14.4 Å². The predicted octanol–water partition coefficient (Wildman–Crippen LogP) is 0.579. The third-order valence-corrected chi connectivity index (χ3v) is 2.77. The van der Waals surface area contributed by atoms with Crippen LogP contribution in [0.5, 0.6) is 0 Å². The molecule has 0 aromatic carbocycles. The number of aliphatic carboxylic acids is 1. The van der Waals surface area contributed by atoms with Crippen molar-refractivity contribution in [3.05, 3.63) is 24.2 Å². The van der Waals surface area contributed by atoms with Gasteiger partial charge in [-0.2, -0.15) is 0 Å². The SMILES string of the molecule is CN(CC(=O)NCC(C)(C)C(=O)O)C(=O)c1ccco1.